The number of amides is 2. The second-order valence-corrected chi connectivity index (χ2v) is 12.0. The Bertz CT molecular complexity index is 1360. The number of hydrogen-bond donors (Lipinski definition) is 1. The van der Waals surface area contributed by atoms with Crippen LogP contribution in [-0.4, -0.2) is 50.0 Å². The van der Waals surface area contributed by atoms with Gasteiger partial charge in [-0.3, -0.25) is 13.9 Å². The average Bonchev–Trinajstić information content (AvgIpc) is 2.89. The number of carbonyl (C=O) groups is 2. The second kappa shape index (κ2) is 13.4. The number of aryl methyl sites for hydroxylation is 2. The zero-order valence-electron chi connectivity index (χ0n) is 23.4. The Hall–Kier alpha value is -3.65. The van der Waals surface area contributed by atoms with E-state index in [2.05, 4.69) is 5.32 Å². The summed E-state index contributed by atoms with van der Waals surface area (Å²) in [5.74, 6) is -0.724. The van der Waals surface area contributed by atoms with Crippen LogP contribution in [0.4, 0.5) is 5.69 Å². The molecule has 0 aliphatic rings. The van der Waals surface area contributed by atoms with E-state index in [9.17, 15) is 18.0 Å². The van der Waals surface area contributed by atoms with E-state index in [0.717, 1.165) is 39.2 Å². The third kappa shape index (κ3) is 8.68. The summed E-state index contributed by atoms with van der Waals surface area (Å²) in [6, 6.07) is 23.4. The Morgan fingerprint density at radius 3 is 2.10 bits per heavy atom. The first-order valence-electron chi connectivity index (χ1n) is 13.2. The summed E-state index contributed by atoms with van der Waals surface area (Å²) < 4.78 is 26.8. The minimum atomic E-state index is -3.78. The predicted molar refractivity (Wildman–Crippen MR) is 157 cm³/mol. The number of nitrogens with one attached hydrogen (secondary N) is 1. The number of carbonyl (C=O) groups excluding carboxylic acids is 2. The van der Waals surface area contributed by atoms with E-state index in [1.807, 2.05) is 82.3 Å². The lowest BCUT2D eigenvalue weighted by Crippen LogP contribution is -2.54. The second-order valence-electron chi connectivity index (χ2n) is 10.1. The van der Waals surface area contributed by atoms with Gasteiger partial charge in [-0.25, -0.2) is 8.42 Å². The lowest BCUT2D eigenvalue weighted by Gasteiger charge is -2.34. The standard InChI is InChI=1S/C31H39N3O4S/c1-6-25(4)32-31(36)29(20-26-12-8-7-9-13-26)33(21-27-14-10-11-24(3)19-27)30(35)22-34(39(5,37)38)28-17-15-23(2)16-18-28/h7-19,25,29H,6,20-22H2,1-5H3,(H,32,36)/t25-,29-/m0/s1. The summed E-state index contributed by atoms with van der Waals surface area (Å²) in [4.78, 5) is 29.3. The van der Waals surface area contributed by atoms with Crippen LogP contribution in [0.2, 0.25) is 0 Å². The summed E-state index contributed by atoms with van der Waals surface area (Å²) in [6.07, 6.45) is 2.12. The van der Waals surface area contributed by atoms with Crippen molar-refractivity contribution in [2.24, 2.45) is 0 Å². The highest BCUT2D eigenvalue weighted by Crippen LogP contribution is 2.21. The van der Waals surface area contributed by atoms with E-state index >= 15 is 0 Å². The molecule has 3 aromatic rings. The van der Waals surface area contributed by atoms with Gasteiger partial charge in [-0.2, -0.15) is 0 Å². The molecule has 0 aromatic heterocycles. The Balaban J connectivity index is 2.05. The predicted octanol–water partition coefficient (Wildman–Crippen LogP) is 4.62. The fraction of sp³-hybridized carbons (Fsp3) is 0.355. The van der Waals surface area contributed by atoms with Gasteiger partial charge in [0.25, 0.3) is 0 Å². The van der Waals surface area contributed by atoms with E-state index in [1.54, 1.807) is 24.3 Å². The van der Waals surface area contributed by atoms with E-state index in [4.69, 9.17) is 0 Å². The molecule has 2 atom stereocenters. The Morgan fingerprint density at radius 1 is 0.872 bits per heavy atom. The normalized spacial score (nSPS) is 12.8. The number of hydrogen-bond acceptors (Lipinski definition) is 4. The summed E-state index contributed by atoms with van der Waals surface area (Å²) in [7, 11) is -3.78. The van der Waals surface area contributed by atoms with E-state index in [0.29, 0.717) is 12.1 Å². The van der Waals surface area contributed by atoms with Crippen LogP contribution in [0.1, 0.15) is 42.5 Å². The number of sulfonamides is 1. The summed E-state index contributed by atoms with van der Waals surface area (Å²) in [6.45, 7) is 7.53. The molecule has 1 N–H and O–H groups in total. The fourth-order valence-electron chi connectivity index (χ4n) is 4.33. The fourth-order valence-corrected chi connectivity index (χ4v) is 5.18. The van der Waals surface area contributed by atoms with Crippen LogP contribution < -0.4 is 9.62 Å². The molecule has 8 heteroatoms. The topological polar surface area (TPSA) is 86.8 Å². The molecule has 0 bridgehead atoms. The van der Waals surface area contributed by atoms with Crippen molar-refractivity contribution >= 4 is 27.5 Å². The van der Waals surface area contributed by atoms with Gasteiger partial charge in [0.05, 0.1) is 11.9 Å². The van der Waals surface area contributed by atoms with Gasteiger partial charge >= 0.3 is 0 Å². The molecule has 7 nitrogen and oxygen atoms in total. The van der Waals surface area contributed by atoms with Crippen LogP contribution in [0.5, 0.6) is 0 Å². The van der Waals surface area contributed by atoms with Crippen LogP contribution in [0, 0.1) is 13.8 Å². The number of benzene rings is 3. The molecule has 0 aliphatic heterocycles. The van der Waals surface area contributed by atoms with Crippen molar-refractivity contribution in [3.8, 4) is 0 Å². The van der Waals surface area contributed by atoms with Crippen molar-refractivity contribution in [2.75, 3.05) is 17.1 Å². The molecule has 0 spiro atoms. The van der Waals surface area contributed by atoms with E-state index in [1.165, 1.54) is 4.90 Å². The molecule has 2 amide bonds. The van der Waals surface area contributed by atoms with Gasteiger partial charge in [-0.15, -0.1) is 0 Å². The molecule has 39 heavy (non-hydrogen) atoms. The van der Waals surface area contributed by atoms with Crippen LogP contribution in [-0.2, 0) is 32.6 Å². The average molecular weight is 550 g/mol. The molecular formula is C31H39N3O4S. The molecule has 0 aliphatic carbocycles. The highest BCUT2D eigenvalue weighted by molar-refractivity contribution is 7.92. The smallest absolute Gasteiger partial charge is 0.244 e. The van der Waals surface area contributed by atoms with Gasteiger partial charge in [-0.1, -0.05) is 84.8 Å². The molecule has 208 valence electrons. The maximum absolute atomic E-state index is 14.1. The SMILES string of the molecule is CC[C@H](C)NC(=O)[C@H](Cc1ccccc1)N(Cc1cccc(C)c1)C(=O)CN(c1ccc(C)cc1)S(C)(=O)=O. The minimum absolute atomic E-state index is 0.0771. The van der Waals surface area contributed by atoms with Gasteiger partial charge in [-0.05, 0) is 50.5 Å². The van der Waals surface area contributed by atoms with Crippen LogP contribution >= 0.6 is 0 Å². The molecule has 0 radical (unpaired) electrons. The lowest BCUT2D eigenvalue weighted by molar-refractivity contribution is -0.140. The van der Waals surface area contributed by atoms with Crippen LogP contribution in [0.15, 0.2) is 78.9 Å². The summed E-state index contributed by atoms with van der Waals surface area (Å²) in [5.41, 5.74) is 4.17. The summed E-state index contributed by atoms with van der Waals surface area (Å²) in [5, 5.41) is 3.04. The molecule has 3 aromatic carbocycles. The van der Waals surface area contributed by atoms with Gasteiger partial charge < -0.3 is 10.2 Å². The van der Waals surface area contributed by atoms with Crippen molar-refractivity contribution < 1.29 is 18.0 Å². The monoisotopic (exact) mass is 549 g/mol. The van der Waals surface area contributed by atoms with Gasteiger partial charge in [0.1, 0.15) is 12.6 Å². The zero-order chi connectivity index (χ0) is 28.6. The first-order chi connectivity index (χ1) is 18.5. The third-order valence-corrected chi connectivity index (χ3v) is 7.85. The van der Waals surface area contributed by atoms with Crippen molar-refractivity contribution in [3.63, 3.8) is 0 Å². The maximum atomic E-state index is 14.1. The van der Waals surface area contributed by atoms with E-state index < -0.39 is 28.5 Å². The number of nitrogens with zero attached hydrogens (tertiary/aromatic N) is 2. The molecule has 0 saturated carbocycles. The zero-order valence-corrected chi connectivity index (χ0v) is 24.2. The van der Waals surface area contributed by atoms with Crippen LogP contribution in [0.3, 0.4) is 0 Å². The minimum Gasteiger partial charge on any atom is -0.352 e. The quantitative estimate of drug-likeness (QED) is 0.357. The van der Waals surface area contributed by atoms with Gasteiger partial charge in [0.15, 0.2) is 0 Å². The Morgan fingerprint density at radius 2 is 1.51 bits per heavy atom. The first kappa shape index (κ1) is 29.9. The number of rotatable bonds is 12. The van der Waals surface area contributed by atoms with Crippen molar-refractivity contribution in [2.45, 2.75) is 59.2 Å². The summed E-state index contributed by atoms with van der Waals surface area (Å²) >= 11 is 0. The van der Waals surface area contributed by atoms with Crippen molar-refractivity contribution in [3.05, 3.63) is 101 Å². The van der Waals surface area contributed by atoms with Crippen molar-refractivity contribution in [1.82, 2.24) is 10.2 Å². The molecule has 0 saturated heterocycles. The van der Waals surface area contributed by atoms with E-state index in [-0.39, 0.29) is 18.5 Å². The molecule has 3 rings (SSSR count). The van der Waals surface area contributed by atoms with Crippen LogP contribution in [0.25, 0.3) is 0 Å². The highest BCUT2D eigenvalue weighted by Gasteiger charge is 2.33. The lowest BCUT2D eigenvalue weighted by atomic mass is 10.0. The molecule has 0 fully saturated rings. The molecular weight excluding hydrogens is 510 g/mol. The Labute approximate surface area is 232 Å². The maximum Gasteiger partial charge on any atom is 0.244 e. The van der Waals surface area contributed by atoms with Crippen molar-refractivity contribution in [1.29, 1.82) is 0 Å². The Kier molecular flexibility index (Phi) is 10.3. The third-order valence-electron chi connectivity index (χ3n) is 6.71. The van der Waals surface area contributed by atoms with Gasteiger partial charge in [0.2, 0.25) is 21.8 Å². The van der Waals surface area contributed by atoms with Gasteiger partial charge in [0, 0.05) is 19.0 Å². The highest BCUT2D eigenvalue weighted by atomic mass is 32.2. The largest absolute Gasteiger partial charge is 0.352 e. The molecule has 0 unspecified atom stereocenters. The molecule has 0 heterocycles. The number of anilines is 1. The first-order valence-corrected chi connectivity index (χ1v) is 15.1.